The average Bonchev–Trinajstić information content (AvgIpc) is 2.28. The molecule has 0 spiro atoms. The number of rotatable bonds is 8. The Morgan fingerprint density at radius 2 is 2.06 bits per heavy atom. The van der Waals surface area contributed by atoms with Crippen molar-refractivity contribution in [3.05, 3.63) is 0 Å². The first-order valence-electron chi connectivity index (χ1n) is 5.81. The molecule has 0 heterocycles. The van der Waals surface area contributed by atoms with Crippen LogP contribution in [0, 0.1) is 0 Å². The number of carbonyl (C=O) groups is 2. The summed E-state index contributed by atoms with van der Waals surface area (Å²) in [5, 5.41) is 11.4. The maximum Gasteiger partial charge on any atom is 0.317 e. The lowest BCUT2D eigenvalue weighted by atomic mass is 10.1. The minimum absolute atomic E-state index is 0.0515. The van der Waals surface area contributed by atoms with Crippen LogP contribution in [0.5, 0.6) is 0 Å². The van der Waals surface area contributed by atoms with Gasteiger partial charge in [-0.1, -0.05) is 6.92 Å². The zero-order valence-electron chi connectivity index (χ0n) is 10.7. The third-order valence-electron chi connectivity index (χ3n) is 2.48. The van der Waals surface area contributed by atoms with Crippen LogP contribution in [0.25, 0.3) is 0 Å². The van der Waals surface area contributed by atoms with Crippen LogP contribution in [0.3, 0.4) is 0 Å². The van der Waals surface area contributed by atoms with Crippen molar-refractivity contribution in [1.82, 2.24) is 10.2 Å². The molecular weight excluding hydrogens is 224 g/mol. The molecule has 0 aliphatic heterocycles. The van der Waals surface area contributed by atoms with E-state index in [4.69, 9.17) is 9.84 Å². The van der Waals surface area contributed by atoms with Crippen molar-refractivity contribution < 1.29 is 19.4 Å². The predicted molar refractivity (Wildman–Crippen MR) is 64.0 cm³/mol. The zero-order valence-corrected chi connectivity index (χ0v) is 10.7. The zero-order chi connectivity index (χ0) is 13.3. The fourth-order valence-corrected chi connectivity index (χ4v) is 1.38. The highest BCUT2D eigenvalue weighted by Crippen LogP contribution is 2.00. The number of hydrogen-bond acceptors (Lipinski definition) is 3. The first kappa shape index (κ1) is 15.7. The minimum Gasteiger partial charge on any atom is -0.481 e. The number of methoxy groups -OCH3 is 1. The molecule has 100 valence electrons. The molecule has 0 aromatic carbocycles. The third kappa shape index (κ3) is 6.78. The van der Waals surface area contributed by atoms with Gasteiger partial charge >= 0.3 is 12.0 Å². The van der Waals surface area contributed by atoms with Crippen molar-refractivity contribution in [2.45, 2.75) is 32.7 Å². The Bertz CT molecular complexity index is 246. The van der Waals surface area contributed by atoms with Gasteiger partial charge in [0.1, 0.15) is 0 Å². The van der Waals surface area contributed by atoms with Crippen LogP contribution in [0.1, 0.15) is 26.7 Å². The van der Waals surface area contributed by atoms with Crippen LogP contribution in [0.2, 0.25) is 0 Å². The highest BCUT2D eigenvalue weighted by Gasteiger charge is 2.17. The molecule has 0 radical (unpaired) electrons. The number of nitrogens with one attached hydrogen (secondary N) is 1. The first-order chi connectivity index (χ1) is 8.04. The Kier molecular flexibility index (Phi) is 8.13. The largest absolute Gasteiger partial charge is 0.481 e. The lowest BCUT2D eigenvalue weighted by Crippen LogP contribution is -2.46. The summed E-state index contributed by atoms with van der Waals surface area (Å²) in [6.45, 7) is 5.25. The number of hydrogen-bond donors (Lipinski definition) is 2. The number of carboxylic acid groups (broad SMARTS) is 1. The van der Waals surface area contributed by atoms with Gasteiger partial charge in [-0.05, 0) is 13.3 Å². The summed E-state index contributed by atoms with van der Waals surface area (Å²) in [5.41, 5.74) is 0. The molecule has 0 aromatic rings. The van der Waals surface area contributed by atoms with Gasteiger partial charge < -0.3 is 20.1 Å². The summed E-state index contributed by atoms with van der Waals surface area (Å²) < 4.78 is 4.90. The molecule has 0 aliphatic carbocycles. The van der Waals surface area contributed by atoms with E-state index in [1.54, 1.807) is 12.0 Å². The second-order valence-electron chi connectivity index (χ2n) is 3.72. The maximum atomic E-state index is 11.8. The fraction of sp³-hybridized carbons (Fsp3) is 0.818. The van der Waals surface area contributed by atoms with Crippen LogP contribution >= 0.6 is 0 Å². The first-order valence-corrected chi connectivity index (χ1v) is 5.81. The number of nitrogens with zero attached hydrogens (tertiary/aromatic N) is 1. The van der Waals surface area contributed by atoms with E-state index in [2.05, 4.69) is 5.32 Å². The Morgan fingerprint density at radius 1 is 1.41 bits per heavy atom. The van der Waals surface area contributed by atoms with Gasteiger partial charge in [0.05, 0.1) is 13.0 Å². The van der Waals surface area contributed by atoms with Crippen LogP contribution in [0.4, 0.5) is 4.79 Å². The van der Waals surface area contributed by atoms with Crippen molar-refractivity contribution >= 4 is 12.0 Å². The smallest absolute Gasteiger partial charge is 0.317 e. The average molecular weight is 246 g/mol. The molecular formula is C11H22N2O4. The van der Waals surface area contributed by atoms with Gasteiger partial charge in [0.2, 0.25) is 0 Å². The molecule has 6 nitrogen and oxygen atoms in total. The van der Waals surface area contributed by atoms with E-state index in [1.165, 1.54) is 0 Å². The second-order valence-corrected chi connectivity index (χ2v) is 3.72. The molecule has 2 amide bonds. The minimum atomic E-state index is -0.905. The number of carbonyl (C=O) groups excluding carboxylic acids is 1. The molecule has 0 rings (SSSR count). The molecule has 0 aliphatic rings. The SMILES string of the molecule is CCC(CC(=O)O)NC(=O)N(CC)CCOC. The van der Waals surface area contributed by atoms with E-state index in [1.807, 2.05) is 13.8 Å². The van der Waals surface area contributed by atoms with Gasteiger partial charge in [-0.15, -0.1) is 0 Å². The molecule has 0 saturated heterocycles. The number of ether oxygens (including phenoxy) is 1. The number of likely N-dealkylation sites (N-methyl/N-ethyl adjacent to an activating group) is 1. The topological polar surface area (TPSA) is 78.9 Å². The summed E-state index contributed by atoms with van der Waals surface area (Å²) in [6.07, 6.45) is 0.546. The van der Waals surface area contributed by atoms with Crippen molar-refractivity contribution in [1.29, 1.82) is 0 Å². The number of amides is 2. The standard InChI is InChI=1S/C11H22N2O4/c1-4-9(8-10(14)15)12-11(16)13(5-2)6-7-17-3/h9H,4-8H2,1-3H3,(H,12,16)(H,14,15). The van der Waals surface area contributed by atoms with Crippen molar-refractivity contribution in [2.24, 2.45) is 0 Å². The molecule has 0 bridgehead atoms. The lowest BCUT2D eigenvalue weighted by molar-refractivity contribution is -0.137. The highest BCUT2D eigenvalue weighted by atomic mass is 16.5. The normalized spacial score (nSPS) is 11.9. The van der Waals surface area contributed by atoms with Crippen molar-refractivity contribution in [3.63, 3.8) is 0 Å². The van der Waals surface area contributed by atoms with Gasteiger partial charge in [0, 0.05) is 26.2 Å². The van der Waals surface area contributed by atoms with E-state index in [0.29, 0.717) is 26.1 Å². The van der Waals surface area contributed by atoms with Gasteiger partial charge in [0.15, 0.2) is 0 Å². The molecule has 0 fully saturated rings. The second kappa shape index (κ2) is 8.81. The fourth-order valence-electron chi connectivity index (χ4n) is 1.38. The summed E-state index contributed by atoms with van der Waals surface area (Å²) in [5.74, 6) is -0.905. The van der Waals surface area contributed by atoms with E-state index < -0.39 is 5.97 Å². The lowest BCUT2D eigenvalue weighted by Gasteiger charge is -2.24. The summed E-state index contributed by atoms with van der Waals surface area (Å²) >= 11 is 0. The maximum absolute atomic E-state index is 11.8. The molecule has 0 aromatic heterocycles. The Labute approximate surface area is 102 Å². The third-order valence-corrected chi connectivity index (χ3v) is 2.48. The summed E-state index contributed by atoms with van der Waals surface area (Å²) in [7, 11) is 1.57. The van der Waals surface area contributed by atoms with E-state index >= 15 is 0 Å². The molecule has 0 saturated carbocycles. The van der Waals surface area contributed by atoms with E-state index in [-0.39, 0.29) is 18.5 Å². The van der Waals surface area contributed by atoms with E-state index in [9.17, 15) is 9.59 Å². The summed E-state index contributed by atoms with van der Waals surface area (Å²) in [4.78, 5) is 24.0. The molecule has 1 unspecified atom stereocenters. The molecule has 17 heavy (non-hydrogen) atoms. The number of urea groups is 1. The quantitative estimate of drug-likeness (QED) is 0.667. The predicted octanol–water partition coefficient (Wildman–Crippen LogP) is 0.918. The Morgan fingerprint density at radius 3 is 2.47 bits per heavy atom. The van der Waals surface area contributed by atoms with Crippen molar-refractivity contribution in [3.8, 4) is 0 Å². The Hall–Kier alpha value is -1.30. The number of aliphatic carboxylic acids is 1. The van der Waals surface area contributed by atoms with Gasteiger partial charge in [0.25, 0.3) is 0 Å². The van der Waals surface area contributed by atoms with Gasteiger partial charge in [-0.2, -0.15) is 0 Å². The van der Waals surface area contributed by atoms with Gasteiger partial charge in [-0.3, -0.25) is 4.79 Å². The van der Waals surface area contributed by atoms with Crippen LogP contribution in [-0.2, 0) is 9.53 Å². The van der Waals surface area contributed by atoms with Crippen LogP contribution in [0.15, 0.2) is 0 Å². The Balaban J connectivity index is 4.21. The molecule has 1 atom stereocenters. The van der Waals surface area contributed by atoms with Crippen LogP contribution in [-0.4, -0.2) is 54.9 Å². The summed E-state index contributed by atoms with van der Waals surface area (Å²) in [6, 6.07) is -0.561. The molecule has 6 heteroatoms. The van der Waals surface area contributed by atoms with Crippen molar-refractivity contribution in [2.75, 3.05) is 26.8 Å². The number of carboxylic acids is 1. The highest BCUT2D eigenvalue weighted by molar-refractivity contribution is 5.75. The van der Waals surface area contributed by atoms with E-state index in [0.717, 1.165) is 0 Å². The van der Waals surface area contributed by atoms with Crippen LogP contribution < -0.4 is 5.32 Å². The molecule has 2 N–H and O–H groups in total. The van der Waals surface area contributed by atoms with Gasteiger partial charge in [-0.25, -0.2) is 4.79 Å². The monoisotopic (exact) mass is 246 g/mol.